The Hall–Kier alpha value is -0.810. The van der Waals surface area contributed by atoms with Crippen LogP contribution < -0.4 is 0 Å². The Labute approximate surface area is 96.3 Å². The van der Waals surface area contributed by atoms with Crippen LogP contribution in [0.15, 0.2) is 0 Å². The molecule has 0 bridgehead atoms. The van der Waals surface area contributed by atoms with Crippen LogP contribution in [0.1, 0.15) is 33.6 Å². The van der Waals surface area contributed by atoms with Crippen molar-refractivity contribution >= 4 is 6.09 Å². The number of likely N-dealkylation sites (tertiary alicyclic amines) is 1. The SMILES string of the molecule is COCC1(O)CCCN1C(=O)OC(C)(C)C. The van der Waals surface area contributed by atoms with E-state index >= 15 is 0 Å². The fourth-order valence-electron chi connectivity index (χ4n) is 1.82. The van der Waals surface area contributed by atoms with Gasteiger partial charge < -0.3 is 14.6 Å². The highest BCUT2D eigenvalue weighted by Gasteiger charge is 2.43. The highest BCUT2D eigenvalue weighted by molar-refractivity contribution is 5.69. The van der Waals surface area contributed by atoms with E-state index in [-0.39, 0.29) is 6.61 Å². The van der Waals surface area contributed by atoms with Crippen LogP contribution in [0.5, 0.6) is 0 Å². The third-order valence-corrected chi connectivity index (χ3v) is 2.45. The molecule has 0 aromatic carbocycles. The van der Waals surface area contributed by atoms with Gasteiger partial charge in [-0.15, -0.1) is 0 Å². The molecule has 94 valence electrons. The summed E-state index contributed by atoms with van der Waals surface area (Å²) in [6.07, 6.45) is 0.809. The van der Waals surface area contributed by atoms with Gasteiger partial charge in [-0.1, -0.05) is 0 Å². The molecule has 1 unspecified atom stereocenters. The fraction of sp³-hybridized carbons (Fsp3) is 0.909. The molecule has 1 amide bonds. The van der Waals surface area contributed by atoms with Crippen LogP contribution in [0, 0.1) is 0 Å². The molecular formula is C11H21NO4. The number of aliphatic hydroxyl groups is 1. The van der Waals surface area contributed by atoms with E-state index in [1.165, 1.54) is 12.0 Å². The van der Waals surface area contributed by atoms with Crippen molar-refractivity contribution in [1.82, 2.24) is 4.90 Å². The van der Waals surface area contributed by atoms with Gasteiger partial charge in [-0.2, -0.15) is 0 Å². The van der Waals surface area contributed by atoms with Gasteiger partial charge in [0.15, 0.2) is 5.72 Å². The number of ether oxygens (including phenoxy) is 2. The van der Waals surface area contributed by atoms with Gasteiger partial charge in [-0.25, -0.2) is 4.79 Å². The molecule has 0 saturated carbocycles. The van der Waals surface area contributed by atoms with Crippen molar-refractivity contribution in [2.75, 3.05) is 20.3 Å². The number of nitrogens with zero attached hydrogens (tertiary/aromatic N) is 1. The predicted octanol–water partition coefficient (Wildman–Crippen LogP) is 1.35. The van der Waals surface area contributed by atoms with E-state index in [0.29, 0.717) is 13.0 Å². The van der Waals surface area contributed by atoms with Crippen LogP contribution in [0.3, 0.4) is 0 Å². The molecule has 1 rings (SSSR count). The normalized spacial score (nSPS) is 25.9. The van der Waals surface area contributed by atoms with Crippen LogP contribution in [0.25, 0.3) is 0 Å². The van der Waals surface area contributed by atoms with Crippen molar-refractivity contribution in [3.63, 3.8) is 0 Å². The van der Waals surface area contributed by atoms with Crippen molar-refractivity contribution in [2.45, 2.75) is 44.9 Å². The van der Waals surface area contributed by atoms with Gasteiger partial charge in [-0.05, 0) is 33.6 Å². The van der Waals surface area contributed by atoms with Gasteiger partial charge in [-0.3, -0.25) is 4.90 Å². The first-order chi connectivity index (χ1) is 7.28. The minimum absolute atomic E-state index is 0.117. The molecule has 0 aromatic heterocycles. The van der Waals surface area contributed by atoms with E-state index in [1.807, 2.05) is 0 Å². The fourth-order valence-corrected chi connectivity index (χ4v) is 1.82. The van der Waals surface area contributed by atoms with Crippen molar-refractivity contribution in [3.8, 4) is 0 Å². The standard InChI is InChI=1S/C11H21NO4/c1-10(2,3)16-9(13)12-7-5-6-11(12,14)8-15-4/h14H,5-8H2,1-4H3. The Morgan fingerprint density at radius 3 is 2.62 bits per heavy atom. The first-order valence-electron chi connectivity index (χ1n) is 5.50. The summed E-state index contributed by atoms with van der Waals surface area (Å²) in [6.45, 7) is 6.03. The number of hydrogen-bond acceptors (Lipinski definition) is 4. The summed E-state index contributed by atoms with van der Waals surface area (Å²) >= 11 is 0. The third-order valence-electron chi connectivity index (χ3n) is 2.45. The molecule has 0 aliphatic carbocycles. The zero-order valence-corrected chi connectivity index (χ0v) is 10.4. The molecule has 16 heavy (non-hydrogen) atoms. The van der Waals surface area contributed by atoms with Crippen molar-refractivity contribution in [3.05, 3.63) is 0 Å². The summed E-state index contributed by atoms with van der Waals surface area (Å²) in [5.74, 6) is 0. The van der Waals surface area contributed by atoms with E-state index in [2.05, 4.69) is 0 Å². The Bertz CT molecular complexity index is 261. The molecule has 1 N–H and O–H groups in total. The maximum absolute atomic E-state index is 11.8. The van der Waals surface area contributed by atoms with E-state index in [9.17, 15) is 9.90 Å². The van der Waals surface area contributed by atoms with Gasteiger partial charge in [0.25, 0.3) is 0 Å². The van der Waals surface area contributed by atoms with Gasteiger partial charge in [0, 0.05) is 13.7 Å². The average molecular weight is 231 g/mol. The highest BCUT2D eigenvalue weighted by Crippen LogP contribution is 2.28. The second-order valence-corrected chi connectivity index (χ2v) is 5.15. The Balaban J connectivity index is 2.68. The number of carbonyl (C=O) groups is 1. The molecule has 1 fully saturated rings. The van der Waals surface area contributed by atoms with E-state index in [4.69, 9.17) is 9.47 Å². The lowest BCUT2D eigenvalue weighted by Gasteiger charge is -2.34. The molecule has 1 aliphatic heterocycles. The van der Waals surface area contributed by atoms with Gasteiger partial charge in [0.2, 0.25) is 0 Å². The largest absolute Gasteiger partial charge is 0.444 e. The molecule has 5 nitrogen and oxygen atoms in total. The predicted molar refractivity (Wildman–Crippen MR) is 59.0 cm³/mol. The molecule has 1 saturated heterocycles. The first kappa shape index (κ1) is 13.3. The summed E-state index contributed by atoms with van der Waals surface area (Å²) in [5.41, 5.74) is -1.76. The number of hydrogen-bond donors (Lipinski definition) is 1. The first-order valence-corrected chi connectivity index (χ1v) is 5.50. The monoisotopic (exact) mass is 231 g/mol. The van der Waals surface area contributed by atoms with Gasteiger partial charge >= 0.3 is 6.09 Å². The maximum atomic E-state index is 11.8. The lowest BCUT2D eigenvalue weighted by Crippen LogP contribution is -2.51. The zero-order valence-electron chi connectivity index (χ0n) is 10.4. The van der Waals surface area contributed by atoms with E-state index in [0.717, 1.165) is 6.42 Å². The van der Waals surface area contributed by atoms with Crippen LogP contribution in [0.2, 0.25) is 0 Å². The van der Waals surface area contributed by atoms with Crippen molar-refractivity contribution in [1.29, 1.82) is 0 Å². The van der Waals surface area contributed by atoms with E-state index < -0.39 is 17.4 Å². The minimum atomic E-state index is -1.21. The lowest BCUT2D eigenvalue weighted by molar-refractivity contribution is -0.119. The summed E-state index contributed by atoms with van der Waals surface area (Å²) in [4.78, 5) is 13.2. The summed E-state index contributed by atoms with van der Waals surface area (Å²) in [7, 11) is 1.50. The molecule has 0 aromatic rings. The second kappa shape index (κ2) is 4.59. The molecule has 1 aliphatic rings. The summed E-state index contributed by atoms with van der Waals surface area (Å²) in [6, 6.07) is 0. The Morgan fingerprint density at radius 1 is 1.50 bits per heavy atom. The molecule has 1 heterocycles. The number of methoxy groups -OCH3 is 1. The number of rotatable bonds is 2. The topological polar surface area (TPSA) is 59.0 Å². The lowest BCUT2D eigenvalue weighted by atomic mass is 10.2. The second-order valence-electron chi connectivity index (χ2n) is 5.15. The molecular weight excluding hydrogens is 210 g/mol. The van der Waals surface area contributed by atoms with Gasteiger partial charge in [0.05, 0.1) is 6.61 Å². The van der Waals surface area contributed by atoms with Crippen LogP contribution in [0.4, 0.5) is 4.79 Å². The molecule has 0 radical (unpaired) electrons. The third kappa shape index (κ3) is 3.09. The van der Waals surface area contributed by atoms with Crippen LogP contribution >= 0.6 is 0 Å². The number of amides is 1. The number of carbonyl (C=O) groups excluding carboxylic acids is 1. The smallest absolute Gasteiger partial charge is 0.412 e. The maximum Gasteiger partial charge on any atom is 0.412 e. The Kier molecular flexibility index (Phi) is 3.80. The average Bonchev–Trinajstić information content (AvgIpc) is 2.44. The molecule has 0 spiro atoms. The van der Waals surface area contributed by atoms with Crippen LogP contribution in [-0.2, 0) is 9.47 Å². The highest BCUT2D eigenvalue weighted by atomic mass is 16.6. The quantitative estimate of drug-likeness (QED) is 0.779. The summed E-state index contributed by atoms with van der Waals surface area (Å²) in [5, 5.41) is 10.2. The van der Waals surface area contributed by atoms with Crippen molar-refractivity contribution < 1.29 is 19.4 Å². The molecule has 5 heteroatoms. The minimum Gasteiger partial charge on any atom is -0.444 e. The van der Waals surface area contributed by atoms with Crippen molar-refractivity contribution in [2.24, 2.45) is 0 Å². The molecule has 1 atom stereocenters. The van der Waals surface area contributed by atoms with E-state index in [1.54, 1.807) is 20.8 Å². The summed E-state index contributed by atoms with van der Waals surface area (Å²) < 4.78 is 10.2. The Morgan fingerprint density at radius 2 is 2.12 bits per heavy atom. The zero-order chi connectivity index (χ0) is 12.4. The van der Waals surface area contributed by atoms with Gasteiger partial charge in [0.1, 0.15) is 5.60 Å². The van der Waals surface area contributed by atoms with Crippen LogP contribution in [-0.4, -0.2) is 47.7 Å².